The second-order valence-corrected chi connectivity index (χ2v) is 6.15. The largest absolute Gasteiger partial charge is 0.383 e. The Balaban J connectivity index is 2.56. The van der Waals surface area contributed by atoms with Crippen LogP contribution in [0.15, 0.2) is 4.99 Å². The third-order valence-electron chi connectivity index (χ3n) is 4.17. The lowest BCUT2D eigenvalue weighted by molar-refractivity contribution is -0.127. The van der Waals surface area contributed by atoms with E-state index in [2.05, 4.69) is 22.5 Å². The predicted molar refractivity (Wildman–Crippen MR) is 90.0 cm³/mol. The number of amides is 1. The van der Waals surface area contributed by atoms with Gasteiger partial charge in [0.25, 0.3) is 0 Å². The highest BCUT2D eigenvalue weighted by atomic mass is 16.5. The second kappa shape index (κ2) is 10.4. The van der Waals surface area contributed by atoms with Gasteiger partial charge in [0.1, 0.15) is 6.54 Å². The molecule has 1 fully saturated rings. The molecule has 2 N–H and O–H groups in total. The van der Waals surface area contributed by atoms with Gasteiger partial charge in [0, 0.05) is 33.8 Å². The van der Waals surface area contributed by atoms with Gasteiger partial charge in [-0.3, -0.25) is 4.79 Å². The second-order valence-electron chi connectivity index (χ2n) is 6.15. The van der Waals surface area contributed by atoms with Crippen molar-refractivity contribution in [3.63, 3.8) is 0 Å². The summed E-state index contributed by atoms with van der Waals surface area (Å²) < 4.78 is 5.06. The predicted octanol–water partition coefficient (Wildman–Crippen LogP) is 1.23. The third-order valence-corrected chi connectivity index (χ3v) is 4.17. The molecule has 6 nitrogen and oxygen atoms in total. The Morgan fingerprint density at radius 3 is 2.77 bits per heavy atom. The minimum atomic E-state index is 0.00270. The van der Waals surface area contributed by atoms with Gasteiger partial charge in [0.15, 0.2) is 5.96 Å². The lowest BCUT2D eigenvalue weighted by atomic mass is 9.84. The van der Waals surface area contributed by atoms with Gasteiger partial charge in [-0.15, -0.1) is 0 Å². The topological polar surface area (TPSA) is 66.0 Å². The molecule has 0 bridgehead atoms. The van der Waals surface area contributed by atoms with Crippen LogP contribution >= 0.6 is 0 Å². The number of likely N-dealkylation sites (N-methyl/N-ethyl adjacent to an activating group) is 1. The van der Waals surface area contributed by atoms with E-state index in [4.69, 9.17) is 4.74 Å². The minimum absolute atomic E-state index is 0.00270. The lowest BCUT2D eigenvalue weighted by Gasteiger charge is -2.30. The van der Waals surface area contributed by atoms with Gasteiger partial charge in [-0.05, 0) is 18.8 Å². The van der Waals surface area contributed by atoms with E-state index >= 15 is 0 Å². The molecule has 1 amide bonds. The van der Waals surface area contributed by atoms with E-state index in [0.29, 0.717) is 25.2 Å². The fraction of sp³-hybridized carbons (Fsp3) is 0.875. The van der Waals surface area contributed by atoms with Gasteiger partial charge < -0.3 is 20.3 Å². The first-order valence-electron chi connectivity index (χ1n) is 8.30. The molecule has 2 unspecified atom stereocenters. The smallest absolute Gasteiger partial charge is 0.243 e. The van der Waals surface area contributed by atoms with Crippen LogP contribution in [0.25, 0.3) is 0 Å². The first-order chi connectivity index (χ1) is 10.6. The van der Waals surface area contributed by atoms with Gasteiger partial charge >= 0.3 is 0 Å². The van der Waals surface area contributed by atoms with E-state index in [1.54, 1.807) is 26.1 Å². The summed E-state index contributed by atoms with van der Waals surface area (Å²) >= 11 is 0. The van der Waals surface area contributed by atoms with Crippen LogP contribution in [0.5, 0.6) is 0 Å². The van der Waals surface area contributed by atoms with Crippen molar-refractivity contribution in [1.82, 2.24) is 15.5 Å². The first-order valence-corrected chi connectivity index (χ1v) is 8.30. The van der Waals surface area contributed by atoms with Gasteiger partial charge in [0.2, 0.25) is 5.91 Å². The Kier molecular flexibility index (Phi) is 8.89. The number of methoxy groups -OCH3 is 1. The molecule has 0 heterocycles. The number of nitrogens with one attached hydrogen (secondary N) is 2. The number of ether oxygens (including phenoxy) is 1. The normalized spacial score (nSPS) is 22.3. The highest BCUT2D eigenvalue weighted by molar-refractivity contribution is 5.84. The fourth-order valence-corrected chi connectivity index (χ4v) is 2.70. The molecule has 0 spiro atoms. The molecule has 0 radical (unpaired) electrons. The first kappa shape index (κ1) is 18.7. The summed E-state index contributed by atoms with van der Waals surface area (Å²) in [5.41, 5.74) is 0. The third kappa shape index (κ3) is 7.11. The maximum Gasteiger partial charge on any atom is 0.243 e. The number of guanidine groups is 1. The maximum atomic E-state index is 11.7. The molecule has 0 aromatic carbocycles. The number of nitrogens with zero attached hydrogens (tertiary/aromatic N) is 2. The Morgan fingerprint density at radius 2 is 2.14 bits per heavy atom. The molecular formula is C16H32N4O2. The van der Waals surface area contributed by atoms with E-state index in [0.717, 1.165) is 5.92 Å². The van der Waals surface area contributed by atoms with E-state index in [1.807, 2.05) is 0 Å². The zero-order chi connectivity index (χ0) is 16.4. The Bertz CT molecular complexity index is 358. The molecule has 6 heteroatoms. The molecule has 0 aromatic heterocycles. The van der Waals surface area contributed by atoms with Gasteiger partial charge in [0.05, 0.1) is 6.61 Å². The Labute approximate surface area is 134 Å². The van der Waals surface area contributed by atoms with Gasteiger partial charge in [-0.25, -0.2) is 4.99 Å². The van der Waals surface area contributed by atoms with Crippen molar-refractivity contribution < 1.29 is 9.53 Å². The minimum Gasteiger partial charge on any atom is -0.383 e. The SMILES string of the molecule is CCC1CCCC(NC(=NCC(=O)N(C)C)NCCOC)C1. The number of rotatable bonds is 7. The van der Waals surface area contributed by atoms with Crippen LogP contribution in [0.2, 0.25) is 0 Å². The Morgan fingerprint density at radius 1 is 1.36 bits per heavy atom. The van der Waals surface area contributed by atoms with Crippen LogP contribution in [-0.2, 0) is 9.53 Å². The summed E-state index contributed by atoms with van der Waals surface area (Å²) in [6.45, 7) is 3.72. The molecule has 128 valence electrons. The number of carbonyl (C=O) groups excluding carboxylic acids is 1. The number of hydrogen-bond acceptors (Lipinski definition) is 3. The molecular weight excluding hydrogens is 280 g/mol. The van der Waals surface area contributed by atoms with Crippen molar-refractivity contribution in [2.45, 2.75) is 45.1 Å². The molecule has 1 aliphatic rings. The lowest BCUT2D eigenvalue weighted by Crippen LogP contribution is -2.46. The summed E-state index contributed by atoms with van der Waals surface area (Å²) in [4.78, 5) is 17.7. The van der Waals surface area contributed by atoms with E-state index in [1.165, 1.54) is 32.1 Å². The van der Waals surface area contributed by atoms with Crippen molar-refractivity contribution in [1.29, 1.82) is 0 Å². The number of carbonyl (C=O) groups is 1. The summed E-state index contributed by atoms with van der Waals surface area (Å²) in [7, 11) is 5.17. The average Bonchev–Trinajstić information content (AvgIpc) is 2.52. The molecule has 1 rings (SSSR count). The molecule has 1 saturated carbocycles. The van der Waals surface area contributed by atoms with Crippen LogP contribution in [0.1, 0.15) is 39.0 Å². The summed E-state index contributed by atoms with van der Waals surface area (Å²) in [6, 6.07) is 0.446. The highest BCUT2D eigenvalue weighted by Gasteiger charge is 2.21. The van der Waals surface area contributed by atoms with Crippen molar-refractivity contribution >= 4 is 11.9 Å². The van der Waals surface area contributed by atoms with Crippen molar-refractivity contribution in [2.24, 2.45) is 10.9 Å². The van der Waals surface area contributed by atoms with Crippen LogP contribution < -0.4 is 10.6 Å². The van der Waals surface area contributed by atoms with Crippen LogP contribution in [0, 0.1) is 5.92 Å². The van der Waals surface area contributed by atoms with E-state index in [-0.39, 0.29) is 12.5 Å². The average molecular weight is 312 g/mol. The van der Waals surface area contributed by atoms with Crippen LogP contribution in [0.3, 0.4) is 0 Å². The van der Waals surface area contributed by atoms with Crippen molar-refractivity contribution in [2.75, 3.05) is 40.9 Å². The molecule has 0 aromatic rings. The maximum absolute atomic E-state index is 11.7. The number of hydrogen-bond donors (Lipinski definition) is 2. The molecule has 2 atom stereocenters. The molecule has 0 aliphatic heterocycles. The zero-order valence-electron chi connectivity index (χ0n) is 14.5. The number of aliphatic imine (C=N–C) groups is 1. The highest BCUT2D eigenvalue weighted by Crippen LogP contribution is 2.26. The van der Waals surface area contributed by atoms with Crippen LogP contribution in [0.4, 0.5) is 0 Å². The van der Waals surface area contributed by atoms with E-state index in [9.17, 15) is 4.79 Å². The molecule has 1 aliphatic carbocycles. The molecule has 22 heavy (non-hydrogen) atoms. The summed E-state index contributed by atoms with van der Waals surface area (Å²) in [6.07, 6.45) is 6.18. The van der Waals surface area contributed by atoms with Crippen molar-refractivity contribution in [3.8, 4) is 0 Å². The Hall–Kier alpha value is -1.30. The zero-order valence-corrected chi connectivity index (χ0v) is 14.5. The fourth-order valence-electron chi connectivity index (χ4n) is 2.70. The monoisotopic (exact) mass is 312 g/mol. The van der Waals surface area contributed by atoms with Gasteiger partial charge in [-0.1, -0.05) is 26.2 Å². The summed E-state index contributed by atoms with van der Waals surface area (Å²) in [5.74, 6) is 1.52. The van der Waals surface area contributed by atoms with Crippen LogP contribution in [-0.4, -0.2) is 63.7 Å². The van der Waals surface area contributed by atoms with Gasteiger partial charge in [-0.2, -0.15) is 0 Å². The van der Waals surface area contributed by atoms with E-state index < -0.39 is 0 Å². The quantitative estimate of drug-likeness (QED) is 0.421. The standard InChI is InChI=1S/C16H32N4O2/c1-5-13-7-6-8-14(11-13)19-16(17-9-10-22-4)18-12-15(21)20(2)3/h13-14H,5-12H2,1-4H3,(H2,17,18,19). The van der Waals surface area contributed by atoms with Crippen molar-refractivity contribution in [3.05, 3.63) is 0 Å². The summed E-state index contributed by atoms with van der Waals surface area (Å²) in [5, 5.41) is 6.72. The molecule has 0 saturated heterocycles.